The first-order chi connectivity index (χ1) is 8.40. The van der Waals surface area contributed by atoms with Crippen LogP contribution in [0.2, 0.25) is 0 Å². The molecule has 2 N–H and O–H groups in total. The Balaban J connectivity index is 1.76. The largest absolute Gasteiger partial charge is 0.464 e. The first-order valence-corrected chi connectivity index (χ1v) is 6.67. The molecule has 2 saturated carbocycles. The molecule has 2 unspecified atom stereocenters. The predicted molar refractivity (Wildman–Crippen MR) is 64.5 cm³/mol. The molecule has 2 atom stereocenters. The Morgan fingerprint density at radius 3 is 2.39 bits per heavy atom. The second-order valence-corrected chi connectivity index (χ2v) is 6.03. The van der Waals surface area contributed by atoms with Crippen molar-refractivity contribution in [3.05, 3.63) is 23.7 Å². The van der Waals surface area contributed by atoms with Crippen LogP contribution >= 0.6 is 0 Å². The van der Waals surface area contributed by atoms with E-state index in [-0.39, 0.29) is 12.8 Å². The number of nitrogens with two attached hydrogens (primary N) is 1. The monoisotopic (exact) mass is 255 g/mol. The van der Waals surface area contributed by atoms with Crippen molar-refractivity contribution < 1.29 is 13.2 Å². The van der Waals surface area contributed by atoms with Gasteiger partial charge in [0.2, 0.25) is 5.92 Å². The van der Waals surface area contributed by atoms with Gasteiger partial charge in [0.25, 0.3) is 0 Å². The van der Waals surface area contributed by atoms with Crippen LogP contribution in [0.1, 0.15) is 56.5 Å². The third-order valence-electron chi connectivity index (χ3n) is 4.47. The van der Waals surface area contributed by atoms with Crippen LogP contribution in [0.4, 0.5) is 8.78 Å². The second kappa shape index (κ2) is 3.80. The number of halogens is 2. The third kappa shape index (κ3) is 2.07. The van der Waals surface area contributed by atoms with Crippen LogP contribution in [0.25, 0.3) is 0 Å². The lowest BCUT2D eigenvalue weighted by Gasteiger charge is -2.35. The highest BCUT2D eigenvalue weighted by Crippen LogP contribution is 2.49. The lowest BCUT2D eigenvalue weighted by molar-refractivity contribution is -0.0539. The molecular formula is C14H19F2NO. The molecule has 0 aromatic carbocycles. The maximum atomic E-state index is 13.2. The van der Waals surface area contributed by atoms with Crippen molar-refractivity contribution in [2.45, 2.75) is 56.4 Å². The third-order valence-corrected chi connectivity index (χ3v) is 4.47. The van der Waals surface area contributed by atoms with Crippen molar-refractivity contribution in [3.63, 3.8) is 0 Å². The normalized spacial score (nSPS) is 33.3. The van der Waals surface area contributed by atoms with Gasteiger partial charge < -0.3 is 10.2 Å². The molecule has 2 aliphatic rings. The molecule has 0 amide bonds. The highest BCUT2D eigenvalue weighted by atomic mass is 19.3. The summed E-state index contributed by atoms with van der Waals surface area (Å²) >= 11 is 0. The van der Waals surface area contributed by atoms with E-state index in [2.05, 4.69) is 6.92 Å². The molecule has 1 aromatic rings. The van der Waals surface area contributed by atoms with E-state index in [1.54, 1.807) is 0 Å². The first-order valence-electron chi connectivity index (χ1n) is 6.67. The minimum atomic E-state index is -2.55. The van der Waals surface area contributed by atoms with Gasteiger partial charge in [0.05, 0.1) is 5.54 Å². The van der Waals surface area contributed by atoms with Gasteiger partial charge in [-0.1, -0.05) is 6.92 Å². The molecule has 2 aliphatic carbocycles. The highest BCUT2D eigenvalue weighted by molar-refractivity contribution is 5.22. The van der Waals surface area contributed by atoms with Crippen molar-refractivity contribution >= 4 is 0 Å². The van der Waals surface area contributed by atoms with E-state index in [0.717, 1.165) is 12.2 Å². The highest BCUT2D eigenvalue weighted by Gasteiger charge is 2.44. The van der Waals surface area contributed by atoms with Gasteiger partial charge >= 0.3 is 0 Å². The van der Waals surface area contributed by atoms with E-state index >= 15 is 0 Å². The van der Waals surface area contributed by atoms with Crippen molar-refractivity contribution in [3.8, 4) is 0 Å². The summed E-state index contributed by atoms with van der Waals surface area (Å²) in [5.41, 5.74) is 5.55. The van der Waals surface area contributed by atoms with Gasteiger partial charge in [0.15, 0.2) is 0 Å². The summed E-state index contributed by atoms with van der Waals surface area (Å²) in [5.74, 6) is 0.288. The van der Waals surface area contributed by atoms with Gasteiger partial charge in [-0.3, -0.25) is 0 Å². The van der Waals surface area contributed by atoms with E-state index < -0.39 is 11.5 Å². The van der Waals surface area contributed by atoms with Gasteiger partial charge in [-0.15, -0.1) is 0 Å². The molecule has 2 fully saturated rings. The van der Waals surface area contributed by atoms with Crippen molar-refractivity contribution in [2.24, 2.45) is 11.7 Å². The molecule has 100 valence electrons. The zero-order valence-corrected chi connectivity index (χ0v) is 10.6. The van der Waals surface area contributed by atoms with E-state index in [1.165, 1.54) is 0 Å². The summed E-state index contributed by atoms with van der Waals surface area (Å²) < 4.78 is 32.2. The van der Waals surface area contributed by atoms with Crippen LogP contribution in [0.5, 0.6) is 0 Å². The zero-order chi connectivity index (χ0) is 13.0. The molecule has 0 aliphatic heterocycles. The van der Waals surface area contributed by atoms with Crippen molar-refractivity contribution in [1.82, 2.24) is 0 Å². The maximum absolute atomic E-state index is 13.2. The molecule has 0 radical (unpaired) electrons. The van der Waals surface area contributed by atoms with Crippen LogP contribution in [-0.2, 0) is 5.54 Å². The Hall–Kier alpha value is -0.900. The van der Waals surface area contributed by atoms with Crippen LogP contribution < -0.4 is 5.73 Å². The zero-order valence-electron chi connectivity index (χ0n) is 10.6. The Kier molecular flexibility index (Phi) is 2.56. The molecule has 1 heterocycles. The first kappa shape index (κ1) is 12.2. The fourth-order valence-corrected chi connectivity index (χ4v) is 2.85. The quantitative estimate of drug-likeness (QED) is 0.873. The van der Waals surface area contributed by atoms with Gasteiger partial charge in [-0.05, 0) is 37.3 Å². The Bertz CT molecular complexity index is 444. The van der Waals surface area contributed by atoms with Crippen molar-refractivity contribution in [2.75, 3.05) is 0 Å². The van der Waals surface area contributed by atoms with E-state index in [4.69, 9.17) is 10.2 Å². The molecule has 0 saturated heterocycles. The smallest absolute Gasteiger partial charge is 0.248 e. The molecular weight excluding hydrogens is 236 g/mol. The number of hydrogen-bond acceptors (Lipinski definition) is 2. The Morgan fingerprint density at radius 1 is 1.22 bits per heavy atom. The molecule has 2 nitrogen and oxygen atoms in total. The Labute approximate surface area is 106 Å². The predicted octanol–water partition coefficient (Wildman–Crippen LogP) is 3.77. The minimum Gasteiger partial charge on any atom is -0.464 e. The van der Waals surface area contributed by atoms with E-state index in [1.807, 2.05) is 12.1 Å². The summed E-state index contributed by atoms with van der Waals surface area (Å²) in [6, 6.07) is 3.84. The lowest BCUT2D eigenvalue weighted by atomic mass is 9.79. The SMILES string of the molecule is CC1CC1c1ccc(C2(N)CCC(F)(F)CC2)o1. The number of alkyl halides is 2. The molecule has 1 aromatic heterocycles. The van der Waals surface area contributed by atoms with Gasteiger partial charge in [-0.2, -0.15) is 0 Å². The van der Waals surface area contributed by atoms with Crippen LogP contribution in [-0.4, -0.2) is 5.92 Å². The number of furan rings is 1. The summed E-state index contributed by atoms with van der Waals surface area (Å²) in [4.78, 5) is 0. The maximum Gasteiger partial charge on any atom is 0.248 e. The molecule has 4 heteroatoms. The standard InChI is InChI=1S/C14H19F2NO/c1-9-8-10(9)11-2-3-12(18-11)13(17)4-6-14(15,16)7-5-13/h2-3,9-10H,4-8,17H2,1H3. The molecule has 18 heavy (non-hydrogen) atoms. The average Bonchev–Trinajstić information content (AvgIpc) is 2.86. The lowest BCUT2D eigenvalue weighted by Crippen LogP contribution is -2.43. The summed E-state index contributed by atoms with van der Waals surface area (Å²) in [6.07, 6.45) is 1.47. The Morgan fingerprint density at radius 2 is 1.83 bits per heavy atom. The second-order valence-electron chi connectivity index (χ2n) is 6.03. The van der Waals surface area contributed by atoms with E-state index in [0.29, 0.717) is 30.4 Å². The van der Waals surface area contributed by atoms with Gasteiger partial charge in [0.1, 0.15) is 11.5 Å². The average molecular weight is 255 g/mol. The summed E-state index contributed by atoms with van der Waals surface area (Å²) in [6.45, 7) is 2.19. The number of rotatable bonds is 2. The molecule has 3 rings (SSSR count). The van der Waals surface area contributed by atoms with Crippen LogP contribution in [0, 0.1) is 5.92 Å². The topological polar surface area (TPSA) is 39.2 Å². The van der Waals surface area contributed by atoms with E-state index in [9.17, 15) is 8.78 Å². The fraction of sp³-hybridized carbons (Fsp3) is 0.714. The molecule has 0 bridgehead atoms. The number of hydrogen-bond donors (Lipinski definition) is 1. The van der Waals surface area contributed by atoms with Crippen molar-refractivity contribution in [1.29, 1.82) is 0 Å². The van der Waals surface area contributed by atoms with Gasteiger partial charge in [0, 0.05) is 18.8 Å². The summed E-state index contributed by atoms with van der Waals surface area (Å²) in [7, 11) is 0. The summed E-state index contributed by atoms with van der Waals surface area (Å²) in [5, 5.41) is 0. The fourth-order valence-electron chi connectivity index (χ4n) is 2.85. The van der Waals surface area contributed by atoms with Crippen LogP contribution in [0.3, 0.4) is 0 Å². The minimum absolute atomic E-state index is 0.140. The van der Waals surface area contributed by atoms with Gasteiger partial charge in [-0.25, -0.2) is 8.78 Å². The molecule has 0 spiro atoms. The van der Waals surface area contributed by atoms with Crippen LogP contribution in [0.15, 0.2) is 16.5 Å².